The van der Waals surface area contributed by atoms with Crippen molar-refractivity contribution in [1.82, 2.24) is 44.5 Å². The van der Waals surface area contributed by atoms with Gasteiger partial charge in [0, 0.05) is 169 Å². The average molecular weight is 1940 g/mol. The summed E-state index contributed by atoms with van der Waals surface area (Å²) in [6.45, 7) is 31.1. The lowest BCUT2D eigenvalue weighted by Gasteiger charge is -2.36. The van der Waals surface area contributed by atoms with E-state index in [0.717, 1.165) is 147 Å². The van der Waals surface area contributed by atoms with E-state index in [0.29, 0.717) is 142 Å². The number of piperidine rings is 1. The molecule has 7 amide bonds. The molecule has 5 saturated heterocycles. The van der Waals surface area contributed by atoms with Gasteiger partial charge in [-0.25, -0.2) is 19.9 Å². The summed E-state index contributed by atoms with van der Waals surface area (Å²) in [6, 6.07) is 67.6. The molecule has 0 atom stereocenters. The number of fused-ring (bicyclic) bond motifs is 1. The Kier molecular flexibility index (Phi) is 36.5. The number of halogens is 1. The van der Waals surface area contributed by atoms with Gasteiger partial charge in [-0.05, 0) is 233 Å². The Balaban J connectivity index is 0.000000143. The third-order valence-corrected chi connectivity index (χ3v) is 25.3. The highest BCUT2D eigenvalue weighted by atomic mass is 35.5. The normalized spacial score (nSPS) is 14.4. The van der Waals surface area contributed by atoms with E-state index in [2.05, 4.69) is 66.1 Å². The SMILES string of the molecule is CC(=O)c1ccccc1NC(=O)c1cccnc1N1CCCCC1.COc1ccc(C)cc1C(=O)N1CCN(c2cccc(C)n2)CC1.COc1ccc(C)cc1C(=O)N1CCN(c2cccc(C)n2)CC1.COc1ccc(C)cc1C(=O)N1CCN(c2cccc(C)n2)CC1.COc1ccc(C)cc1C(=O)N1CCN(c2ccnc(C)c2)CC1.COc1ccc(Cl)cc1C(=O)N1CC(=O)Nc2ccccc21. The Hall–Kier alpha value is -15.5. The molecule has 12 aromatic rings. The summed E-state index contributed by atoms with van der Waals surface area (Å²) in [5, 5.41) is 6.04. The predicted molar refractivity (Wildman–Crippen MR) is 559 cm³/mol. The Morgan fingerprint density at radius 2 is 0.718 bits per heavy atom. The van der Waals surface area contributed by atoms with Crippen molar-refractivity contribution in [3.05, 3.63) is 320 Å². The maximum atomic E-state index is 12.8. The van der Waals surface area contributed by atoms with Gasteiger partial charge in [0.15, 0.2) is 5.78 Å². The number of para-hydroxylation sites is 3. The average Bonchev–Trinajstić information content (AvgIpc) is 0.778. The smallest absolute Gasteiger partial charge is 0.262 e. The predicted octanol–water partition coefficient (Wildman–Crippen LogP) is 17.2. The zero-order valence-corrected chi connectivity index (χ0v) is 84.1. The minimum atomic E-state index is -0.332. The number of ketones is 1. The summed E-state index contributed by atoms with van der Waals surface area (Å²) in [5.74, 6) is 5.87. The van der Waals surface area contributed by atoms with Gasteiger partial charge in [0.25, 0.3) is 35.4 Å². The number of hydrogen-bond donors (Lipinski definition) is 2. The highest BCUT2D eigenvalue weighted by molar-refractivity contribution is 6.31. The van der Waals surface area contributed by atoms with Crippen molar-refractivity contribution < 1.29 is 62.0 Å². The first-order valence-electron chi connectivity index (χ1n) is 47.7. The zero-order chi connectivity index (χ0) is 101. The Morgan fingerprint density at radius 1 is 0.338 bits per heavy atom. The Morgan fingerprint density at radius 3 is 1.12 bits per heavy atom. The fourth-order valence-electron chi connectivity index (χ4n) is 17.5. The molecule has 0 aliphatic carbocycles. The molecule has 142 heavy (non-hydrogen) atoms. The van der Waals surface area contributed by atoms with Gasteiger partial charge in [0.1, 0.15) is 58.6 Å². The molecule has 5 fully saturated rings. The van der Waals surface area contributed by atoms with Crippen LogP contribution < -0.4 is 63.7 Å². The molecule has 0 radical (unpaired) electrons. The van der Waals surface area contributed by atoms with Crippen molar-refractivity contribution in [2.75, 3.05) is 200 Å². The number of methoxy groups -OCH3 is 5. The molecule has 11 heterocycles. The topological polar surface area (TPSA) is 304 Å². The summed E-state index contributed by atoms with van der Waals surface area (Å²) < 4.78 is 26.6. The van der Waals surface area contributed by atoms with Crippen LogP contribution in [0.2, 0.25) is 5.02 Å². The van der Waals surface area contributed by atoms with E-state index in [4.69, 9.17) is 35.3 Å². The van der Waals surface area contributed by atoms with Crippen LogP contribution in [0.3, 0.4) is 0 Å². The molecule has 2 N–H and O–H groups in total. The highest BCUT2D eigenvalue weighted by Gasteiger charge is 2.34. The Bertz CT molecular complexity index is 5940. The van der Waals surface area contributed by atoms with Crippen LogP contribution in [0.15, 0.2) is 231 Å². The summed E-state index contributed by atoms with van der Waals surface area (Å²) >= 11 is 5.98. The molecule has 6 aliphatic rings. The molecule has 0 saturated carbocycles. The van der Waals surface area contributed by atoms with E-state index < -0.39 is 0 Å². The number of anilines is 8. The fraction of sp³-hybridized carbons (Fsp3) is 0.324. The quantitative estimate of drug-likeness (QED) is 0.0754. The van der Waals surface area contributed by atoms with Crippen LogP contribution in [0.25, 0.3) is 0 Å². The van der Waals surface area contributed by atoms with Gasteiger partial charge in [0.05, 0.1) is 86.0 Å². The lowest BCUT2D eigenvalue weighted by atomic mass is 10.1. The molecular formula is C111H126ClN17O13. The fourth-order valence-corrected chi connectivity index (χ4v) is 17.7. The van der Waals surface area contributed by atoms with Crippen molar-refractivity contribution in [3.63, 3.8) is 0 Å². The molecule has 0 unspecified atom stereocenters. The standard InChI is InChI=1S/4C19H23N3O2.C19H21N3O2.C16H13ClN2O3/c1-14-4-5-18(24-3)17(12-14)19(23)22-10-8-21(9-11-22)16-6-7-20-15(2)13-16;3*1-14-7-8-17(24-3)16(13-14)19(23)22-11-9-21(10-12-22)18-6-4-5-15(2)20-18;1-14(23)15-8-3-4-10-17(15)21-19(24)16-9-7-11-20-18(16)22-12-5-2-6-13-22;1-22-14-7-6-10(17)8-11(14)16(21)19-9-15(20)18-12-4-2-3-5-13(12)19/h4-7,12-13H,8-11H2,1-3H3;3*4-8,13H,9-12H2,1-3H3;3-4,7-11H,2,5-6,12-13H2,1H3,(H,21,24);2-8H,9H2,1H3,(H,18,20). The van der Waals surface area contributed by atoms with Gasteiger partial charge in [-0.15, -0.1) is 0 Å². The van der Waals surface area contributed by atoms with Crippen LogP contribution in [0, 0.1) is 55.4 Å². The molecule has 0 spiro atoms. The number of hydrogen-bond acceptors (Lipinski definition) is 23. The molecule has 30 nitrogen and oxygen atoms in total. The summed E-state index contributed by atoms with van der Waals surface area (Å²) in [5.41, 5.74) is 15.1. The second kappa shape index (κ2) is 49.9. The number of rotatable bonds is 18. The third kappa shape index (κ3) is 27.2. The maximum absolute atomic E-state index is 12.8. The van der Waals surface area contributed by atoms with Crippen LogP contribution in [-0.4, -0.2) is 252 Å². The highest BCUT2D eigenvalue weighted by Crippen LogP contribution is 2.36. The van der Waals surface area contributed by atoms with E-state index in [9.17, 15) is 38.4 Å². The number of carbonyl (C=O) groups excluding carboxylic acids is 8. The van der Waals surface area contributed by atoms with Crippen molar-refractivity contribution in [1.29, 1.82) is 0 Å². The van der Waals surface area contributed by atoms with Crippen molar-refractivity contribution in [3.8, 4) is 28.7 Å². The van der Waals surface area contributed by atoms with Gasteiger partial charge >= 0.3 is 0 Å². The molecule has 0 bridgehead atoms. The van der Waals surface area contributed by atoms with E-state index in [1.165, 1.54) is 37.1 Å². The first-order chi connectivity index (χ1) is 68.6. The summed E-state index contributed by atoms with van der Waals surface area (Å²) in [4.78, 5) is 143. The number of nitrogens with one attached hydrogen (secondary N) is 2. The molecule has 7 aromatic carbocycles. The van der Waals surface area contributed by atoms with E-state index in [1.54, 1.807) is 101 Å². The van der Waals surface area contributed by atoms with Gasteiger partial charge in [-0.2, -0.15) is 0 Å². The summed E-state index contributed by atoms with van der Waals surface area (Å²) in [7, 11) is 7.89. The molecule has 5 aromatic heterocycles. The second-order valence-electron chi connectivity index (χ2n) is 35.3. The van der Waals surface area contributed by atoms with E-state index >= 15 is 0 Å². The van der Waals surface area contributed by atoms with E-state index in [-0.39, 0.29) is 53.7 Å². The molecule has 18 rings (SSSR count). The van der Waals surface area contributed by atoms with Crippen molar-refractivity contribution in [2.45, 2.75) is 81.6 Å². The van der Waals surface area contributed by atoms with Crippen LogP contribution >= 0.6 is 11.6 Å². The number of nitrogens with zero attached hydrogens (tertiary/aromatic N) is 15. The van der Waals surface area contributed by atoms with Gasteiger partial charge < -0.3 is 78.4 Å². The lowest BCUT2D eigenvalue weighted by Crippen LogP contribution is -2.49. The van der Waals surface area contributed by atoms with Crippen LogP contribution in [0.1, 0.15) is 144 Å². The number of amides is 7. The Labute approximate surface area is 836 Å². The first kappa shape index (κ1) is 104. The second-order valence-corrected chi connectivity index (χ2v) is 35.7. The number of benzene rings is 7. The lowest BCUT2D eigenvalue weighted by molar-refractivity contribution is -0.115. The monoisotopic (exact) mass is 1940 g/mol. The summed E-state index contributed by atoms with van der Waals surface area (Å²) in [6.07, 6.45) is 7.00. The third-order valence-electron chi connectivity index (χ3n) is 25.1. The van der Waals surface area contributed by atoms with Gasteiger partial charge in [-0.1, -0.05) is 101 Å². The van der Waals surface area contributed by atoms with E-state index in [1.807, 2.05) is 221 Å². The first-order valence-corrected chi connectivity index (χ1v) is 48.1. The number of piperazine rings is 4. The number of aryl methyl sites for hydroxylation is 8. The van der Waals surface area contributed by atoms with Crippen LogP contribution in [0.4, 0.5) is 46.0 Å². The zero-order valence-electron chi connectivity index (χ0n) is 83.4. The maximum Gasteiger partial charge on any atom is 0.262 e. The van der Waals surface area contributed by atoms with Crippen molar-refractivity contribution in [2.24, 2.45) is 0 Å². The largest absolute Gasteiger partial charge is 0.496 e. The molecule has 31 heteroatoms. The number of aromatic nitrogens is 5. The minimum absolute atomic E-state index is 0.0346. The molecular weight excluding hydrogens is 1810 g/mol. The molecule has 6 aliphatic heterocycles. The van der Waals surface area contributed by atoms with Gasteiger partial charge in [0.2, 0.25) is 5.91 Å². The van der Waals surface area contributed by atoms with Gasteiger partial charge in [-0.3, -0.25) is 48.2 Å². The molecule has 740 valence electrons. The van der Waals surface area contributed by atoms with Crippen LogP contribution in [-0.2, 0) is 4.79 Å². The van der Waals surface area contributed by atoms with Crippen LogP contribution in [0.5, 0.6) is 28.7 Å². The minimum Gasteiger partial charge on any atom is -0.496 e. The number of ether oxygens (including phenoxy) is 5. The van der Waals surface area contributed by atoms with Crippen molar-refractivity contribution >= 4 is 105 Å². The number of carbonyl (C=O) groups is 8. The number of Topliss-reactive ketones (excluding diaryl/α,β-unsaturated/α-hetero) is 1. The number of pyridine rings is 5.